The Morgan fingerprint density at radius 2 is 1.93 bits per heavy atom. The van der Waals surface area contributed by atoms with Crippen molar-refractivity contribution in [2.75, 3.05) is 18.1 Å². The third kappa shape index (κ3) is 8.91. The molecule has 55 heavy (non-hydrogen) atoms. The Labute approximate surface area is 334 Å². The van der Waals surface area contributed by atoms with Crippen molar-refractivity contribution in [1.82, 2.24) is 5.32 Å². The number of hydrogen-bond donors (Lipinski definition) is 2. The minimum atomic E-state index is -0.207. The number of nitrogens with two attached hydrogens (primary N) is 1. The van der Waals surface area contributed by atoms with Crippen LogP contribution >= 0.6 is 11.8 Å². The molecule has 2 aromatic rings. The van der Waals surface area contributed by atoms with Gasteiger partial charge in [0.1, 0.15) is 5.84 Å². The van der Waals surface area contributed by atoms with Crippen LogP contribution in [0, 0.1) is 0 Å². The molecule has 5 heteroatoms. The summed E-state index contributed by atoms with van der Waals surface area (Å²) in [6.45, 7) is 20.7. The average Bonchev–Trinajstić information content (AvgIpc) is 3.67. The molecule has 4 aliphatic rings. The maximum Gasteiger partial charge on any atom is 0.131 e. The van der Waals surface area contributed by atoms with Gasteiger partial charge in [-0.3, -0.25) is 4.99 Å². The topological polar surface area (TPSA) is 53.6 Å². The first-order valence-corrected chi connectivity index (χ1v) is 20.4. The van der Waals surface area contributed by atoms with Crippen LogP contribution in [0.15, 0.2) is 185 Å². The Morgan fingerprint density at radius 1 is 1.09 bits per heavy atom. The number of rotatable bonds is 11. The van der Waals surface area contributed by atoms with E-state index in [4.69, 9.17) is 17.3 Å². The number of hydrogen-bond acceptors (Lipinski definition) is 4. The molecule has 2 aliphatic carbocycles. The van der Waals surface area contributed by atoms with Crippen LogP contribution in [0.2, 0.25) is 0 Å². The van der Waals surface area contributed by atoms with E-state index in [-0.39, 0.29) is 24.0 Å². The van der Waals surface area contributed by atoms with Gasteiger partial charge in [0.25, 0.3) is 0 Å². The maximum atomic E-state index is 6.24. The lowest BCUT2D eigenvalue weighted by molar-refractivity contribution is 0.609. The Bertz CT molecular complexity index is 2110. The van der Waals surface area contributed by atoms with E-state index in [1.807, 2.05) is 30.0 Å². The highest BCUT2D eigenvalue weighted by Gasteiger charge is 2.36. The summed E-state index contributed by atoms with van der Waals surface area (Å²) in [6.07, 6.45) is 39.3. The van der Waals surface area contributed by atoms with Gasteiger partial charge >= 0.3 is 0 Å². The zero-order chi connectivity index (χ0) is 38.8. The fourth-order valence-corrected chi connectivity index (χ4v) is 9.19. The Balaban J connectivity index is 1.45. The quantitative estimate of drug-likeness (QED) is 0.137. The van der Waals surface area contributed by atoms with Gasteiger partial charge in [-0.2, -0.15) is 0 Å². The summed E-state index contributed by atoms with van der Waals surface area (Å²) in [5, 5.41) is 3.77. The van der Waals surface area contributed by atoms with Crippen LogP contribution in [0.1, 0.15) is 81.0 Å². The molecule has 4 nitrogen and oxygen atoms in total. The highest BCUT2D eigenvalue weighted by atomic mass is 32.2. The number of anilines is 1. The van der Waals surface area contributed by atoms with Crippen molar-refractivity contribution < 1.29 is 0 Å². The number of benzene rings is 2. The van der Waals surface area contributed by atoms with Crippen molar-refractivity contribution in [3.63, 3.8) is 0 Å². The van der Waals surface area contributed by atoms with Gasteiger partial charge in [-0.1, -0.05) is 180 Å². The van der Waals surface area contributed by atoms with Crippen molar-refractivity contribution in [2.24, 2.45) is 10.7 Å². The van der Waals surface area contributed by atoms with E-state index in [0.29, 0.717) is 6.54 Å². The molecule has 0 spiro atoms. The number of aliphatic imine (C=N–C) groups is 1. The molecule has 2 heterocycles. The van der Waals surface area contributed by atoms with Crippen molar-refractivity contribution >= 4 is 28.9 Å². The van der Waals surface area contributed by atoms with Gasteiger partial charge < -0.3 is 16.0 Å². The summed E-state index contributed by atoms with van der Waals surface area (Å²) in [5.41, 5.74) is 17.0. The number of unbranched alkanes of at least 4 members (excludes halogenated alkanes) is 1. The second-order valence-electron chi connectivity index (χ2n) is 14.8. The van der Waals surface area contributed by atoms with Gasteiger partial charge in [-0.05, 0) is 76.6 Å². The average molecular weight is 745 g/mol. The van der Waals surface area contributed by atoms with Crippen LogP contribution < -0.4 is 16.0 Å². The summed E-state index contributed by atoms with van der Waals surface area (Å²) in [5.74, 6) is 1.04. The Morgan fingerprint density at radius 3 is 2.75 bits per heavy atom. The lowest BCUT2D eigenvalue weighted by Crippen LogP contribution is -2.36. The molecule has 2 atom stereocenters. The zero-order valence-electron chi connectivity index (χ0n) is 32.8. The fraction of sp³-hybridized carbons (Fsp3) is 0.260. The van der Waals surface area contributed by atoms with Crippen LogP contribution in [-0.4, -0.2) is 25.1 Å². The van der Waals surface area contributed by atoms with E-state index in [1.54, 1.807) is 6.08 Å². The molecule has 0 saturated carbocycles. The van der Waals surface area contributed by atoms with Gasteiger partial charge in [0.15, 0.2) is 0 Å². The Hall–Kier alpha value is -5.10. The highest BCUT2D eigenvalue weighted by molar-refractivity contribution is 8.03. The molecule has 0 radical (unpaired) electrons. The van der Waals surface area contributed by atoms with E-state index in [2.05, 4.69) is 153 Å². The van der Waals surface area contributed by atoms with E-state index in [9.17, 15) is 0 Å². The second-order valence-corrected chi connectivity index (χ2v) is 15.9. The predicted octanol–water partition coefficient (Wildman–Crippen LogP) is 12.1. The summed E-state index contributed by atoms with van der Waals surface area (Å²) in [4.78, 5) is 9.84. The third-order valence-electron chi connectivity index (χ3n) is 10.8. The Kier molecular flexibility index (Phi) is 13.3. The van der Waals surface area contributed by atoms with Gasteiger partial charge in [-0.25, -0.2) is 0 Å². The number of thioether (sulfide) groups is 1. The molecular formula is C50H56N4S. The van der Waals surface area contributed by atoms with E-state index < -0.39 is 0 Å². The molecule has 0 aromatic heterocycles. The standard InChI is InChI=1S/C50H56N4S/c1-7-9-11-17-28-46(36(3)23-15-10-8-2)53-49(52-35-51)43-34-38(33-42-41-25-19-21-29-47(41)55-48(42)43)54-32-22-14-12-13-16-26-45-40(31-30-37(54)4)39-24-18-20-27-44(39)50(45,5)6/h7,9,11-15,17-24,27-31,33-34,41,46H,1,3-4,8,10,16,25-26,32,35,51H2,2,5-6H3,(H,52,53)/b11-9-,13-12-,22-14-,23-15-,28-17+,31-30-. The lowest BCUT2D eigenvalue weighted by Gasteiger charge is -2.27. The number of nitrogens with one attached hydrogen (secondary N) is 1. The third-order valence-corrected chi connectivity index (χ3v) is 12.1. The van der Waals surface area contributed by atoms with E-state index >= 15 is 0 Å². The predicted molar refractivity (Wildman–Crippen MR) is 241 cm³/mol. The number of nitrogens with zero attached hydrogens (tertiary/aromatic N) is 2. The van der Waals surface area contributed by atoms with Crippen LogP contribution in [0.5, 0.6) is 0 Å². The second kappa shape index (κ2) is 18.5. The van der Waals surface area contributed by atoms with E-state index in [0.717, 1.165) is 60.5 Å². The van der Waals surface area contributed by atoms with Gasteiger partial charge in [0.2, 0.25) is 0 Å². The van der Waals surface area contributed by atoms with Crippen LogP contribution in [0.25, 0.3) is 5.57 Å². The van der Waals surface area contributed by atoms with Crippen LogP contribution in [0.4, 0.5) is 5.69 Å². The molecule has 2 aliphatic heterocycles. The molecule has 282 valence electrons. The van der Waals surface area contributed by atoms with Gasteiger partial charge in [0, 0.05) is 39.7 Å². The fourth-order valence-electron chi connectivity index (χ4n) is 7.86. The summed E-state index contributed by atoms with van der Waals surface area (Å²) in [6, 6.07) is 13.3. The summed E-state index contributed by atoms with van der Waals surface area (Å²) in [7, 11) is 0. The summed E-state index contributed by atoms with van der Waals surface area (Å²) < 4.78 is 0. The molecule has 2 unspecified atom stereocenters. The first-order chi connectivity index (χ1) is 26.8. The largest absolute Gasteiger partial charge is 0.360 e. The first kappa shape index (κ1) is 39.6. The molecule has 0 fully saturated rings. The van der Waals surface area contributed by atoms with Crippen LogP contribution in [0.3, 0.4) is 0 Å². The molecule has 6 rings (SSSR count). The number of allylic oxidation sites excluding steroid dienone is 16. The van der Waals surface area contributed by atoms with Crippen molar-refractivity contribution in [3.05, 3.63) is 197 Å². The lowest BCUT2D eigenvalue weighted by atomic mass is 9.79. The normalized spacial score (nSPS) is 21.6. The molecular weight excluding hydrogens is 689 g/mol. The highest BCUT2D eigenvalue weighted by Crippen LogP contribution is 2.54. The maximum absolute atomic E-state index is 6.24. The molecule has 3 N–H and O–H groups in total. The van der Waals surface area contributed by atoms with E-state index in [1.165, 1.54) is 37.6 Å². The minimum Gasteiger partial charge on any atom is -0.360 e. The summed E-state index contributed by atoms with van der Waals surface area (Å²) >= 11 is 1.85. The molecule has 0 bridgehead atoms. The minimum absolute atomic E-state index is 0.0365. The van der Waals surface area contributed by atoms with Crippen molar-refractivity contribution in [3.8, 4) is 0 Å². The smallest absolute Gasteiger partial charge is 0.131 e. The number of amidine groups is 1. The first-order valence-electron chi connectivity index (χ1n) is 19.6. The zero-order valence-corrected chi connectivity index (χ0v) is 33.6. The molecule has 0 saturated heterocycles. The molecule has 2 aromatic carbocycles. The monoisotopic (exact) mass is 744 g/mol. The molecule has 0 amide bonds. The van der Waals surface area contributed by atoms with Crippen molar-refractivity contribution in [1.29, 1.82) is 0 Å². The van der Waals surface area contributed by atoms with Gasteiger partial charge in [-0.15, -0.1) is 0 Å². The van der Waals surface area contributed by atoms with Gasteiger partial charge in [0.05, 0.1) is 12.7 Å². The van der Waals surface area contributed by atoms with Crippen molar-refractivity contribution in [2.45, 2.75) is 75.1 Å². The number of fused-ring (bicyclic) bond motifs is 5. The SMILES string of the molecule is C=C/C=C\C=C\C(NC(=NCN)c1cc(N2C/C=C\C=C/CCC3=C(/C=C\C2=C)c2ccccc2C3(C)C)cc2c1SC1=CC=CCC12)C(=C)/C=C\CCC. The van der Waals surface area contributed by atoms with Crippen LogP contribution in [-0.2, 0) is 5.41 Å².